The average Bonchev–Trinajstić information content (AvgIpc) is 2.19. The fourth-order valence-corrected chi connectivity index (χ4v) is 2.13. The van der Waals surface area contributed by atoms with Crippen molar-refractivity contribution in [2.75, 3.05) is 0 Å². The lowest BCUT2D eigenvalue weighted by Crippen LogP contribution is -2.13. The molecule has 0 aromatic heterocycles. The fourth-order valence-electron chi connectivity index (χ4n) is 2.13. The second kappa shape index (κ2) is 5.78. The van der Waals surface area contributed by atoms with Crippen LogP contribution in [0.15, 0.2) is 0 Å². The Bertz CT molecular complexity index is 205. The van der Waals surface area contributed by atoms with Crippen molar-refractivity contribution in [1.82, 2.24) is 0 Å². The molecule has 0 aromatic rings. The van der Waals surface area contributed by atoms with Crippen LogP contribution in [0.1, 0.15) is 51.4 Å². The molecule has 0 heterocycles. The maximum absolute atomic E-state index is 10.8. The first kappa shape index (κ1) is 11.2. The third kappa shape index (κ3) is 3.90. The van der Waals surface area contributed by atoms with Gasteiger partial charge in [-0.25, -0.2) is 4.79 Å². The first-order chi connectivity index (χ1) is 6.70. The van der Waals surface area contributed by atoms with Crippen LogP contribution in [0.25, 0.3) is 0 Å². The molecule has 1 aliphatic rings. The van der Waals surface area contributed by atoms with Gasteiger partial charge in [0.2, 0.25) is 5.78 Å². The quantitative estimate of drug-likeness (QED) is 0.690. The van der Waals surface area contributed by atoms with E-state index in [0.29, 0.717) is 0 Å². The Kier molecular flexibility index (Phi) is 4.63. The third-order valence-electron chi connectivity index (χ3n) is 2.98. The zero-order valence-electron chi connectivity index (χ0n) is 8.50. The summed E-state index contributed by atoms with van der Waals surface area (Å²) in [5.74, 6) is -1.18. The van der Waals surface area contributed by atoms with Crippen molar-refractivity contribution >= 4 is 11.8 Å². The number of hydrogen-bond donors (Lipinski definition) is 1. The number of carbonyl (C=O) groups excluding carboxylic acids is 1. The minimum atomic E-state index is -1.28. The summed E-state index contributed by atoms with van der Waals surface area (Å²) in [6.07, 6.45) is 8.46. The second-order valence-electron chi connectivity index (χ2n) is 4.12. The largest absolute Gasteiger partial charge is 0.476 e. The topological polar surface area (TPSA) is 54.4 Å². The molecule has 1 aliphatic carbocycles. The maximum Gasteiger partial charge on any atom is 0.372 e. The molecular formula is C11H18O3. The van der Waals surface area contributed by atoms with E-state index in [4.69, 9.17) is 5.11 Å². The van der Waals surface area contributed by atoms with Crippen molar-refractivity contribution < 1.29 is 14.7 Å². The average molecular weight is 198 g/mol. The van der Waals surface area contributed by atoms with Crippen LogP contribution in [-0.4, -0.2) is 16.9 Å². The monoisotopic (exact) mass is 198 g/mol. The minimum Gasteiger partial charge on any atom is -0.476 e. The molecule has 1 rings (SSSR count). The van der Waals surface area contributed by atoms with Crippen molar-refractivity contribution in [3.8, 4) is 0 Å². The van der Waals surface area contributed by atoms with Crippen LogP contribution in [0.4, 0.5) is 0 Å². The lowest BCUT2D eigenvalue weighted by Gasteiger charge is -2.20. The molecule has 0 amide bonds. The lowest BCUT2D eigenvalue weighted by molar-refractivity contribution is -0.149. The van der Waals surface area contributed by atoms with Crippen LogP contribution in [0.3, 0.4) is 0 Å². The van der Waals surface area contributed by atoms with Crippen LogP contribution in [0.5, 0.6) is 0 Å². The molecule has 3 heteroatoms. The molecule has 1 N–H and O–H groups in total. The fraction of sp³-hybridized carbons (Fsp3) is 0.818. The van der Waals surface area contributed by atoms with E-state index in [-0.39, 0.29) is 6.42 Å². The molecule has 0 bridgehead atoms. The van der Waals surface area contributed by atoms with Crippen LogP contribution in [0.2, 0.25) is 0 Å². The smallest absolute Gasteiger partial charge is 0.372 e. The summed E-state index contributed by atoms with van der Waals surface area (Å²) < 4.78 is 0. The number of Topliss-reactive ketones (excluding diaryl/α,β-unsaturated/α-hetero) is 1. The number of ketones is 1. The summed E-state index contributed by atoms with van der Waals surface area (Å²) in [4.78, 5) is 21.0. The highest BCUT2D eigenvalue weighted by atomic mass is 16.4. The highest BCUT2D eigenvalue weighted by molar-refractivity contribution is 6.32. The molecule has 14 heavy (non-hydrogen) atoms. The molecular weight excluding hydrogens is 180 g/mol. The molecule has 0 unspecified atom stereocenters. The summed E-state index contributed by atoms with van der Waals surface area (Å²) in [7, 11) is 0. The van der Waals surface area contributed by atoms with Gasteiger partial charge in [-0.05, 0) is 12.3 Å². The number of carboxylic acid groups (broad SMARTS) is 1. The van der Waals surface area contributed by atoms with E-state index < -0.39 is 11.8 Å². The Morgan fingerprint density at radius 3 is 2.36 bits per heavy atom. The zero-order chi connectivity index (χ0) is 10.4. The predicted octanol–water partition coefficient (Wildman–Crippen LogP) is 2.39. The van der Waals surface area contributed by atoms with Gasteiger partial charge in [-0.1, -0.05) is 38.5 Å². The maximum atomic E-state index is 10.8. The highest BCUT2D eigenvalue weighted by Gasteiger charge is 2.15. The van der Waals surface area contributed by atoms with Gasteiger partial charge in [0.1, 0.15) is 0 Å². The first-order valence-electron chi connectivity index (χ1n) is 5.46. The molecule has 0 atom stereocenters. The van der Waals surface area contributed by atoms with Crippen LogP contribution >= 0.6 is 0 Å². The molecule has 80 valence electrons. The Balaban J connectivity index is 2.08. The molecule has 0 spiro atoms. The van der Waals surface area contributed by atoms with E-state index in [1.807, 2.05) is 0 Å². The van der Waals surface area contributed by atoms with Gasteiger partial charge in [0.25, 0.3) is 0 Å². The van der Waals surface area contributed by atoms with E-state index in [1.54, 1.807) is 0 Å². The summed E-state index contributed by atoms with van der Waals surface area (Å²) in [5.41, 5.74) is 0. The summed E-state index contributed by atoms with van der Waals surface area (Å²) in [6, 6.07) is 0. The number of carbonyl (C=O) groups is 2. The third-order valence-corrected chi connectivity index (χ3v) is 2.98. The molecule has 0 aromatic carbocycles. The van der Waals surface area contributed by atoms with Crippen molar-refractivity contribution in [2.24, 2.45) is 5.92 Å². The number of carboxylic acids is 1. The molecule has 1 saturated carbocycles. The normalized spacial score (nSPS) is 18.0. The molecule has 1 fully saturated rings. The highest BCUT2D eigenvalue weighted by Crippen LogP contribution is 2.27. The van der Waals surface area contributed by atoms with Gasteiger partial charge in [-0.15, -0.1) is 0 Å². The van der Waals surface area contributed by atoms with Gasteiger partial charge in [0.15, 0.2) is 0 Å². The molecule has 0 radical (unpaired) electrons. The first-order valence-corrected chi connectivity index (χ1v) is 5.46. The standard InChI is InChI=1S/C11H18O3/c12-10(11(13)14)8-4-7-9-5-2-1-3-6-9/h9H,1-8H2,(H,13,14). The summed E-state index contributed by atoms with van der Waals surface area (Å²) in [5, 5.41) is 8.37. The Morgan fingerprint density at radius 1 is 1.14 bits per heavy atom. The predicted molar refractivity (Wildman–Crippen MR) is 53.1 cm³/mol. The Morgan fingerprint density at radius 2 is 1.79 bits per heavy atom. The van der Waals surface area contributed by atoms with Gasteiger partial charge in [0, 0.05) is 6.42 Å². The van der Waals surface area contributed by atoms with Gasteiger partial charge in [0.05, 0.1) is 0 Å². The van der Waals surface area contributed by atoms with Crippen molar-refractivity contribution in [3.05, 3.63) is 0 Å². The molecule has 0 aliphatic heterocycles. The number of hydrogen-bond acceptors (Lipinski definition) is 2. The number of aliphatic carboxylic acids is 1. The number of rotatable bonds is 5. The van der Waals surface area contributed by atoms with Crippen LogP contribution in [0, 0.1) is 5.92 Å². The summed E-state index contributed by atoms with van der Waals surface area (Å²) in [6.45, 7) is 0. The van der Waals surface area contributed by atoms with E-state index in [9.17, 15) is 9.59 Å². The van der Waals surface area contributed by atoms with Crippen LogP contribution in [-0.2, 0) is 9.59 Å². The molecule has 0 saturated heterocycles. The van der Waals surface area contributed by atoms with Crippen molar-refractivity contribution in [2.45, 2.75) is 51.4 Å². The van der Waals surface area contributed by atoms with E-state index in [0.717, 1.165) is 18.8 Å². The van der Waals surface area contributed by atoms with E-state index in [2.05, 4.69) is 0 Å². The van der Waals surface area contributed by atoms with Crippen LogP contribution < -0.4 is 0 Å². The minimum absolute atomic E-state index is 0.214. The molecule has 3 nitrogen and oxygen atoms in total. The van der Waals surface area contributed by atoms with Gasteiger partial charge in [-0.3, -0.25) is 4.79 Å². The second-order valence-corrected chi connectivity index (χ2v) is 4.12. The Labute approximate surface area is 84.5 Å². The zero-order valence-corrected chi connectivity index (χ0v) is 8.50. The van der Waals surface area contributed by atoms with E-state index in [1.165, 1.54) is 32.1 Å². The van der Waals surface area contributed by atoms with Gasteiger partial charge in [-0.2, -0.15) is 0 Å². The van der Waals surface area contributed by atoms with Gasteiger partial charge >= 0.3 is 5.97 Å². The summed E-state index contributed by atoms with van der Waals surface area (Å²) >= 11 is 0. The lowest BCUT2D eigenvalue weighted by atomic mass is 9.85. The Hall–Kier alpha value is -0.860. The van der Waals surface area contributed by atoms with Crippen molar-refractivity contribution in [3.63, 3.8) is 0 Å². The van der Waals surface area contributed by atoms with Crippen molar-refractivity contribution in [1.29, 1.82) is 0 Å². The SMILES string of the molecule is O=C(O)C(=O)CCCC1CCCCC1. The van der Waals surface area contributed by atoms with E-state index >= 15 is 0 Å². The van der Waals surface area contributed by atoms with Gasteiger partial charge < -0.3 is 5.11 Å².